The smallest absolute Gasteiger partial charge is 0.222 e. The second-order valence-electron chi connectivity index (χ2n) is 8.43. The van der Waals surface area contributed by atoms with E-state index in [0.29, 0.717) is 37.8 Å². The number of carbonyl (C=O) groups excluding carboxylic acids is 1. The first kappa shape index (κ1) is 19.2. The van der Waals surface area contributed by atoms with Crippen LogP contribution in [0.25, 0.3) is 0 Å². The first-order valence-corrected chi connectivity index (χ1v) is 11.8. The van der Waals surface area contributed by atoms with Crippen molar-refractivity contribution in [3.63, 3.8) is 0 Å². The third kappa shape index (κ3) is 4.97. The van der Waals surface area contributed by atoms with Gasteiger partial charge in [-0.05, 0) is 49.9 Å². The van der Waals surface area contributed by atoms with Gasteiger partial charge in [0, 0.05) is 32.6 Å². The molecule has 0 N–H and O–H groups in total. The van der Waals surface area contributed by atoms with E-state index in [2.05, 4.69) is 6.92 Å². The van der Waals surface area contributed by atoms with Gasteiger partial charge in [-0.25, -0.2) is 12.7 Å². The summed E-state index contributed by atoms with van der Waals surface area (Å²) in [4.78, 5) is 14.2. The van der Waals surface area contributed by atoms with Gasteiger partial charge < -0.3 is 4.90 Å². The van der Waals surface area contributed by atoms with Crippen LogP contribution in [0.2, 0.25) is 0 Å². The summed E-state index contributed by atoms with van der Waals surface area (Å²) < 4.78 is 27.0. The number of rotatable bonds is 5. The predicted molar refractivity (Wildman–Crippen MR) is 99.6 cm³/mol. The molecule has 2 aliphatic heterocycles. The molecule has 2 saturated heterocycles. The van der Waals surface area contributed by atoms with Crippen molar-refractivity contribution < 1.29 is 13.2 Å². The van der Waals surface area contributed by atoms with Crippen LogP contribution < -0.4 is 0 Å². The van der Waals surface area contributed by atoms with Crippen molar-refractivity contribution in [2.24, 2.45) is 17.8 Å². The molecule has 0 aromatic rings. The number of carbonyl (C=O) groups is 1. The Bertz CT molecular complexity index is 555. The Balaban J connectivity index is 1.43. The molecular weight excluding hydrogens is 336 g/mol. The van der Waals surface area contributed by atoms with Crippen LogP contribution in [0.4, 0.5) is 0 Å². The molecule has 3 rings (SSSR count). The molecule has 0 bridgehead atoms. The van der Waals surface area contributed by atoms with Gasteiger partial charge in [-0.2, -0.15) is 0 Å². The van der Waals surface area contributed by atoms with E-state index in [1.807, 2.05) is 4.90 Å². The second-order valence-corrected chi connectivity index (χ2v) is 10.5. The topological polar surface area (TPSA) is 57.7 Å². The van der Waals surface area contributed by atoms with Crippen LogP contribution in [0.3, 0.4) is 0 Å². The highest BCUT2D eigenvalue weighted by Gasteiger charge is 2.35. The third-order valence-electron chi connectivity index (χ3n) is 6.58. The Morgan fingerprint density at radius 1 is 0.960 bits per heavy atom. The molecule has 3 fully saturated rings. The molecule has 2 unspecified atom stereocenters. The van der Waals surface area contributed by atoms with Gasteiger partial charge in [0.2, 0.25) is 15.9 Å². The number of fused-ring (bicyclic) bond motifs is 1. The van der Waals surface area contributed by atoms with E-state index in [9.17, 15) is 13.2 Å². The summed E-state index contributed by atoms with van der Waals surface area (Å²) in [5, 5.41) is 0. The average molecular weight is 371 g/mol. The fourth-order valence-corrected chi connectivity index (χ4v) is 6.34. The number of piperidine rings is 2. The highest BCUT2D eigenvalue weighted by atomic mass is 32.2. The Hall–Kier alpha value is -0.620. The second kappa shape index (κ2) is 8.38. The lowest BCUT2D eigenvalue weighted by molar-refractivity contribution is -0.132. The molecule has 0 radical (unpaired) electrons. The van der Waals surface area contributed by atoms with E-state index in [0.717, 1.165) is 38.3 Å². The minimum absolute atomic E-state index is 0.125. The van der Waals surface area contributed by atoms with Gasteiger partial charge in [-0.15, -0.1) is 0 Å². The summed E-state index contributed by atoms with van der Waals surface area (Å²) in [6, 6.07) is 0. The molecule has 25 heavy (non-hydrogen) atoms. The predicted octanol–water partition coefficient (Wildman–Crippen LogP) is 2.87. The van der Waals surface area contributed by atoms with Gasteiger partial charge in [-0.1, -0.05) is 26.2 Å². The van der Waals surface area contributed by atoms with Crippen molar-refractivity contribution in [3.8, 4) is 0 Å². The van der Waals surface area contributed by atoms with Gasteiger partial charge >= 0.3 is 0 Å². The molecule has 0 aromatic carbocycles. The van der Waals surface area contributed by atoms with E-state index >= 15 is 0 Å². The maximum Gasteiger partial charge on any atom is 0.222 e. The highest BCUT2D eigenvalue weighted by molar-refractivity contribution is 7.89. The third-order valence-corrected chi connectivity index (χ3v) is 8.50. The minimum Gasteiger partial charge on any atom is -0.343 e. The number of hydrogen-bond acceptors (Lipinski definition) is 3. The number of amides is 1. The van der Waals surface area contributed by atoms with Crippen LogP contribution in [-0.4, -0.2) is 55.5 Å². The highest BCUT2D eigenvalue weighted by Crippen LogP contribution is 2.36. The van der Waals surface area contributed by atoms with E-state index in [1.54, 1.807) is 4.31 Å². The van der Waals surface area contributed by atoms with Crippen molar-refractivity contribution in [2.75, 3.05) is 31.9 Å². The Morgan fingerprint density at radius 2 is 1.64 bits per heavy atom. The fourth-order valence-electron chi connectivity index (χ4n) is 4.77. The van der Waals surface area contributed by atoms with Crippen LogP contribution in [0.5, 0.6) is 0 Å². The summed E-state index contributed by atoms with van der Waals surface area (Å²) in [6.07, 6.45) is 9.01. The van der Waals surface area contributed by atoms with Crippen LogP contribution in [0, 0.1) is 17.8 Å². The molecule has 144 valence electrons. The van der Waals surface area contributed by atoms with E-state index in [1.165, 1.54) is 25.7 Å². The monoisotopic (exact) mass is 370 g/mol. The van der Waals surface area contributed by atoms with Crippen molar-refractivity contribution in [1.82, 2.24) is 9.21 Å². The normalized spacial score (nSPS) is 29.4. The average Bonchev–Trinajstić information content (AvgIpc) is 2.61. The number of sulfonamides is 1. The molecule has 1 aliphatic carbocycles. The Morgan fingerprint density at radius 3 is 2.36 bits per heavy atom. The fraction of sp³-hybridized carbons (Fsp3) is 0.947. The van der Waals surface area contributed by atoms with Crippen molar-refractivity contribution in [2.45, 2.75) is 64.7 Å². The minimum atomic E-state index is -3.21. The Labute approximate surface area is 153 Å². The lowest BCUT2D eigenvalue weighted by Crippen LogP contribution is -2.45. The van der Waals surface area contributed by atoms with Crippen LogP contribution in [0.1, 0.15) is 64.7 Å². The summed E-state index contributed by atoms with van der Waals surface area (Å²) >= 11 is 0. The molecule has 2 heterocycles. The molecule has 5 nitrogen and oxygen atoms in total. The van der Waals surface area contributed by atoms with Gasteiger partial charge in [-0.3, -0.25) is 4.79 Å². The van der Waals surface area contributed by atoms with Crippen molar-refractivity contribution in [3.05, 3.63) is 0 Å². The van der Waals surface area contributed by atoms with Crippen molar-refractivity contribution >= 4 is 15.9 Å². The number of likely N-dealkylation sites (tertiary alicyclic amines) is 1. The molecular formula is C19H34N2O3S. The lowest BCUT2D eigenvalue weighted by atomic mass is 9.76. The standard InChI is InChI=1S/C19H34N2O3S/c1-16-8-11-20(12-9-16)19(22)7-4-14-25(23,24)21-13-10-17-5-2-3-6-18(17)15-21/h16-18H,2-15H2,1H3. The van der Waals surface area contributed by atoms with Crippen LogP contribution >= 0.6 is 0 Å². The SMILES string of the molecule is CC1CCN(C(=O)CCCS(=O)(=O)N2CCC3CCCCC3C2)CC1. The van der Waals surface area contributed by atoms with E-state index in [-0.39, 0.29) is 11.7 Å². The van der Waals surface area contributed by atoms with Crippen LogP contribution in [-0.2, 0) is 14.8 Å². The summed E-state index contributed by atoms with van der Waals surface area (Å²) in [5.74, 6) is 2.26. The molecule has 2 atom stereocenters. The van der Waals surface area contributed by atoms with Gasteiger partial charge in [0.05, 0.1) is 5.75 Å². The summed E-state index contributed by atoms with van der Waals surface area (Å²) in [5.41, 5.74) is 0. The van der Waals surface area contributed by atoms with Gasteiger partial charge in [0.25, 0.3) is 0 Å². The first-order chi connectivity index (χ1) is 12.0. The van der Waals surface area contributed by atoms with Gasteiger partial charge in [0.1, 0.15) is 0 Å². The number of nitrogens with zero attached hydrogens (tertiary/aromatic N) is 2. The largest absolute Gasteiger partial charge is 0.343 e. The zero-order valence-corrected chi connectivity index (χ0v) is 16.5. The maximum atomic E-state index is 12.7. The molecule has 0 spiro atoms. The van der Waals surface area contributed by atoms with Crippen molar-refractivity contribution in [1.29, 1.82) is 0 Å². The summed E-state index contributed by atoms with van der Waals surface area (Å²) in [7, 11) is -3.21. The lowest BCUT2D eigenvalue weighted by Gasteiger charge is -2.40. The molecule has 1 saturated carbocycles. The molecule has 1 amide bonds. The van der Waals surface area contributed by atoms with Gasteiger partial charge in [0.15, 0.2) is 0 Å². The molecule has 3 aliphatic rings. The zero-order valence-electron chi connectivity index (χ0n) is 15.7. The van der Waals surface area contributed by atoms with E-state index < -0.39 is 10.0 Å². The summed E-state index contributed by atoms with van der Waals surface area (Å²) in [6.45, 7) is 5.29. The Kier molecular flexibility index (Phi) is 6.42. The zero-order chi connectivity index (χ0) is 17.9. The number of hydrogen-bond donors (Lipinski definition) is 0. The molecule has 6 heteroatoms. The van der Waals surface area contributed by atoms with Crippen LogP contribution in [0.15, 0.2) is 0 Å². The molecule has 0 aromatic heterocycles. The quantitative estimate of drug-likeness (QED) is 0.748. The van der Waals surface area contributed by atoms with E-state index in [4.69, 9.17) is 0 Å². The maximum absolute atomic E-state index is 12.7. The first-order valence-electron chi connectivity index (χ1n) is 10.2.